The molecule has 0 aromatic heterocycles. The molecule has 0 amide bonds. The Morgan fingerprint density at radius 3 is 2.14 bits per heavy atom. The number of benzene rings is 1. The normalized spacial score (nSPS) is 11.8. The van der Waals surface area contributed by atoms with Crippen LogP contribution in [0.2, 0.25) is 0 Å². The van der Waals surface area contributed by atoms with Crippen molar-refractivity contribution in [2.45, 2.75) is 4.32 Å². The average molecular weight is 393 g/mol. The van der Waals surface area contributed by atoms with Crippen molar-refractivity contribution in [1.82, 2.24) is 0 Å². The molecule has 0 aliphatic rings. The van der Waals surface area contributed by atoms with E-state index in [0.717, 1.165) is 6.07 Å². The molecule has 0 N–H and O–H groups in total. The maximum Gasteiger partial charge on any atom is 0.130 e. The van der Waals surface area contributed by atoms with Gasteiger partial charge in [-0.15, -0.1) is 0 Å². The smallest absolute Gasteiger partial charge is 0.130 e. The van der Waals surface area contributed by atoms with Crippen LogP contribution in [0.15, 0.2) is 18.2 Å². The number of halogens is 5. The van der Waals surface area contributed by atoms with Crippen molar-refractivity contribution < 1.29 is 8.78 Å². The van der Waals surface area contributed by atoms with Gasteiger partial charge in [0.05, 0.1) is 4.32 Å². The molecule has 0 unspecified atom stereocenters. The highest BCUT2D eigenvalue weighted by Gasteiger charge is 2.29. The Balaban J connectivity index is 3.17. The second-order valence-corrected chi connectivity index (χ2v) is 5.50. The first kappa shape index (κ1) is 12.6. The van der Waals surface area contributed by atoms with Crippen molar-refractivity contribution in [2.24, 2.45) is 0 Å². The molecule has 0 atom stereocenters. The molecule has 0 bridgehead atoms. The van der Waals surface area contributed by atoms with Gasteiger partial charge < -0.3 is 0 Å². The monoisotopic (exact) mass is 390 g/mol. The molecule has 0 aliphatic carbocycles. The van der Waals surface area contributed by atoms with E-state index in [2.05, 4.69) is 47.8 Å². The molecule has 0 saturated carbocycles. The third-order valence-electron chi connectivity index (χ3n) is 1.84. The molecule has 0 nitrogen and oxygen atoms in total. The molecular formula is C9H7Br3F2. The molecule has 78 valence electrons. The summed E-state index contributed by atoms with van der Waals surface area (Å²) in [6, 6.07) is 3.58. The minimum atomic E-state index is -0.565. The summed E-state index contributed by atoms with van der Waals surface area (Å²) in [5.41, 5.74) is 0.438. The summed E-state index contributed by atoms with van der Waals surface area (Å²) in [5, 5.41) is 1.07. The van der Waals surface area contributed by atoms with E-state index >= 15 is 0 Å². The molecule has 14 heavy (non-hydrogen) atoms. The van der Waals surface area contributed by atoms with Crippen LogP contribution in [-0.4, -0.2) is 10.7 Å². The molecular weight excluding hydrogens is 386 g/mol. The molecule has 0 saturated heterocycles. The van der Waals surface area contributed by atoms with Crippen molar-refractivity contribution in [1.29, 1.82) is 0 Å². The Kier molecular flexibility index (Phi) is 4.53. The van der Waals surface area contributed by atoms with Gasteiger partial charge in [0.15, 0.2) is 0 Å². The number of alkyl halides is 3. The fourth-order valence-corrected chi connectivity index (χ4v) is 2.89. The zero-order valence-corrected chi connectivity index (χ0v) is 11.8. The highest BCUT2D eigenvalue weighted by atomic mass is 79.9. The second-order valence-electron chi connectivity index (χ2n) is 2.86. The van der Waals surface area contributed by atoms with Gasteiger partial charge in [-0.05, 0) is 6.07 Å². The first-order chi connectivity index (χ1) is 6.53. The topological polar surface area (TPSA) is 0 Å². The van der Waals surface area contributed by atoms with Crippen LogP contribution in [0, 0.1) is 11.6 Å². The van der Waals surface area contributed by atoms with Gasteiger partial charge >= 0.3 is 0 Å². The van der Waals surface area contributed by atoms with Crippen LogP contribution >= 0.6 is 47.8 Å². The molecule has 0 fully saturated rings. The highest BCUT2D eigenvalue weighted by Crippen LogP contribution is 2.36. The van der Waals surface area contributed by atoms with Crippen molar-refractivity contribution in [3.05, 3.63) is 35.4 Å². The van der Waals surface area contributed by atoms with E-state index in [-0.39, 0.29) is 0 Å². The van der Waals surface area contributed by atoms with Crippen molar-refractivity contribution >= 4 is 47.8 Å². The van der Waals surface area contributed by atoms with Gasteiger partial charge in [-0.25, -0.2) is 8.78 Å². The van der Waals surface area contributed by atoms with Crippen LogP contribution in [0.3, 0.4) is 0 Å². The van der Waals surface area contributed by atoms with Crippen LogP contribution in [0.4, 0.5) is 8.78 Å². The van der Waals surface area contributed by atoms with Gasteiger partial charge in [0.2, 0.25) is 0 Å². The molecule has 1 aromatic rings. The van der Waals surface area contributed by atoms with Gasteiger partial charge in [0, 0.05) is 22.3 Å². The van der Waals surface area contributed by atoms with E-state index in [1.165, 1.54) is 12.1 Å². The Morgan fingerprint density at radius 2 is 1.71 bits per heavy atom. The highest BCUT2D eigenvalue weighted by molar-refractivity contribution is 9.13. The lowest BCUT2D eigenvalue weighted by Gasteiger charge is -2.23. The lowest BCUT2D eigenvalue weighted by molar-refractivity contribution is 0.563. The zero-order chi connectivity index (χ0) is 10.8. The van der Waals surface area contributed by atoms with Crippen molar-refractivity contribution in [3.8, 4) is 0 Å². The second kappa shape index (κ2) is 5.03. The molecule has 0 spiro atoms. The summed E-state index contributed by atoms with van der Waals surface area (Å²) in [6.07, 6.45) is 0. The summed E-state index contributed by atoms with van der Waals surface area (Å²) in [5.74, 6) is -1.11. The summed E-state index contributed by atoms with van der Waals surface area (Å²) >= 11 is 9.98. The summed E-state index contributed by atoms with van der Waals surface area (Å²) in [6.45, 7) is 0. The van der Waals surface area contributed by atoms with E-state index in [0.29, 0.717) is 16.2 Å². The maximum absolute atomic E-state index is 13.4. The maximum atomic E-state index is 13.4. The predicted molar refractivity (Wildman–Crippen MR) is 64.6 cm³/mol. The lowest BCUT2D eigenvalue weighted by Crippen LogP contribution is -2.23. The average Bonchev–Trinajstić information content (AvgIpc) is 2.17. The summed E-state index contributed by atoms with van der Waals surface area (Å²) in [7, 11) is 0. The third kappa shape index (κ3) is 2.55. The van der Waals surface area contributed by atoms with Gasteiger partial charge in [0.25, 0.3) is 0 Å². The first-order valence-corrected chi connectivity index (χ1v) is 6.83. The van der Waals surface area contributed by atoms with E-state index in [9.17, 15) is 8.78 Å². The predicted octanol–water partition coefficient (Wildman–Crippen LogP) is 4.34. The molecule has 1 aromatic carbocycles. The Bertz CT molecular complexity index is 324. The third-order valence-corrected chi connectivity index (χ3v) is 6.24. The minimum absolute atomic E-state index is 0.438. The number of hydrogen-bond acceptors (Lipinski definition) is 0. The number of rotatable bonds is 3. The Morgan fingerprint density at radius 1 is 1.14 bits per heavy atom. The standard InChI is InChI=1S/C9H7Br3F2/c10-4-9(12,5-11)7-2-1-6(13)3-8(7)14/h1-3H,4-5H2. The van der Waals surface area contributed by atoms with Crippen molar-refractivity contribution in [3.63, 3.8) is 0 Å². The van der Waals surface area contributed by atoms with Crippen LogP contribution in [-0.2, 0) is 4.32 Å². The van der Waals surface area contributed by atoms with E-state index < -0.39 is 16.0 Å². The Labute approximate surface area is 106 Å². The van der Waals surface area contributed by atoms with Crippen LogP contribution in [0.5, 0.6) is 0 Å². The van der Waals surface area contributed by atoms with Gasteiger partial charge in [-0.2, -0.15) is 0 Å². The van der Waals surface area contributed by atoms with Gasteiger partial charge in [-0.3, -0.25) is 0 Å². The minimum Gasteiger partial charge on any atom is -0.207 e. The quantitative estimate of drug-likeness (QED) is 0.671. The Hall–Kier alpha value is 0.520. The zero-order valence-electron chi connectivity index (χ0n) is 7.04. The SMILES string of the molecule is Fc1ccc(C(Br)(CBr)CBr)c(F)c1. The summed E-state index contributed by atoms with van der Waals surface area (Å²) < 4.78 is 25.5. The van der Waals surface area contributed by atoms with Crippen LogP contribution in [0.25, 0.3) is 0 Å². The van der Waals surface area contributed by atoms with Crippen LogP contribution < -0.4 is 0 Å². The molecule has 5 heteroatoms. The fourth-order valence-electron chi connectivity index (χ4n) is 1.03. The lowest BCUT2D eigenvalue weighted by atomic mass is 10.0. The van der Waals surface area contributed by atoms with E-state index in [4.69, 9.17) is 0 Å². The van der Waals surface area contributed by atoms with E-state index in [1.807, 2.05) is 0 Å². The molecule has 0 aliphatic heterocycles. The van der Waals surface area contributed by atoms with Gasteiger partial charge in [-0.1, -0.05) is 53.9 Å². The van der Waals surface area contributed by atoms with Gasteiger partial charge in [0.1, 0.15) is 11.6 Å². The van der Waals surface area contributed by atoms with Crippen molar-refractivity contribution in [2.75, 3.05) is 10.7 Å². The van der Waals surface area contributed by atoms with Crippen LogP contribution in [0.1, 0.15) is 5.56 Å². The summed E-state index contributed by atoms with van der Waals surface area (Å²) in [4.78, 5) is 0. The molecule has 1 rings (SSSR count). The fraction of sp³-hybridized carbons (Fsp3) is 0.333. The number of hydrogen-bond donors (Lipinski definition) is 0. The molecule has 0 heterocycles. The first-order valence-electron chi connectivity index (χ1n) is 3.80. The largest absolute Gasteiger partial charge is 0.207 e. The van der Waals surface area contributed by atoms with E-state index in [1.54, 1.807) is 0 Å². The molecule has 0 radical (unpaired) electrons.